The molecule has 1 heterocycles. The molecule has 2 aromatic rings. The van der Waals surface area contributed by atoms with Crippen molar-refractivity contribution in [3.05, 3.63) is 45.2 Å². The Morgan fingerprint density at radius 2 is 2.05 bits per heavy atom. The first kappa shape index (κ1) is 17.5. The first-order valence-electron chi connectivity index (χ1n) is 6.50. The molecular formula is C14H16BrClN2O3S. The van der Waals surface area contributed by atoms with Gasteiger partial charge in [0.05, 0.1) is 10.6 Å². The smallest absolute Gasteiger partial charge is 0.241 e. The van der Waals surface area contributed by atoms with E-state index in [1.165, 1.54) is 24.5 Å². The zero-order valence-electron chi connectivity index (χ0n) is 12.4. The van der Waals surface area contributed by atoms with Crippen LogP contribution in [-0.2, 0) is 22.0 Å². The fourth-order valence-corrected chi connectivity index (χ4v) is 4.33. The summed E-state index contributed by atoms with van der Waals surface area (Å²) in [5, 5.41) is 4.41. The third kappa shape index (κ3) is 3.90. The highest BCUT2D eigenvalue weighted by Gasteiger charge is 2.24. The van der Waals surface area contributed by atoms with Gasteiger partial charge in [0, 0.05) is 27.0 Å². The molecule has 120 valence electrons. The fourth-order valence-electron chi connectivity index (χ4n) is 1.94. The molecule has 2 rings (SSSR count). The summed E-state index contributed by atoms with van der Waals surface area (Å²) in [6.07, 6.45) is 1.46. The van der Waals surface area contributed by atoms with Crippen LogP contribution in [0.5, 0.6) is 0 Å². The minimum absolute atomic E-state index is 0.105. The maximum atomic E-state index is 12.4. The van der Waals surface area contributed by atoms with Crippen molar-refractivity contribution in [3.8, 4) is 0 Å². The van der Waals surface area contributed by atoms with E-state index in [1.54, 1.807) is 0 Å². The lowest BCUT2D eigenvalue weighted by Crippen LogP contribution is -2.25. The summed E-state index contributed by atoms with van der Waals surface area (Å²) in [5.41, 5.74) is 1.21. The van der Waals surface area contributed by atoms with Crippen LogP contribution in [0.15, 0.2) is 38.4 Å². The lowest BCUT2D eigenvalue weighted by atomic mass is 9.90. The summed E-state index contributed by atoms with van der Waals surface area (Å²) in [7, 11) is -3.67. The van der Waals surface area contributed by atoms with Crippen LogP contribution >= 0.6 is 27.5 Å². The minimum Gasteiger partial charge on any atom is -0.364 e. The van der Waals surface area contributed by atoms with Crippen LogP contribution in [0.3, 0.4) is 0 Å². The monoisotopic (exact) mass is 406 g/mol. The normalized spacial score (nSPS) is 12.6. The van der Waals surface area contributed by atoms with Crippen molar-refractivity contribution < 1.29 is 12.9 Å². The topological polar surface area (TPSA) is 72.2 Å². The second-order valence-electron chi connectivity index (χ2n) is 5.84. The molecule has 1 aromatic heterocycles. The molecule has 0 bridgehead atoms. The molecule has 0 amide bonds. The molecule has 0 radical (unpaired) electrons. The minimum atomic E-state index is -3.67. The second-order valence-corrected chi connectivity index (χ2v) is 8.86. The number of benzene rings is 1. The highest BCUT2D eigenvalue weighted by Crippen LogP contribution is 2.27. The van der Waals surface area contributed by atoms with Gasteiger partial charge >= 0.3 is 0 Å². The summed E-state index contributed by atoms with van der Waals surface area (Å²) < 4.78 is 32.7. The van der Waals surface area contributed by atoms with Gasteiger partial charge in [0.15, 0.2) is 0 Å². The Balaban J connectivity index is 2.22. The van der Waals surface area contributed by atoms with E-state index >= 15 is 0 Å². The quantitative estimate of drug-likeness (QED) is 0.835. The van der Waals surface area contributed by atoms with Gasteiger partial charge in [-0.2, -0.15) is 0 Å². The molecule has 22 heavy (non-hydrogen) atoms. The number of nitrogens with zero attached hydrogens (tertiary/aromatic N) is 1. The van der Waals surface area contributed by atoms with Crippen molar-refractivity contribution in [3.63, 3.8) is 0 Å². The van der Waals surface area contributed by atoms with Crippen LogP contribution in [0.25, 0.3) is 0 Å². The number of hydrogen-bond acceptors (Lipinski definition) is 4. The first-order valence-corrected chi connectivity index (χ1v) is 9.15. The van der Waals surface area contributed by atoms with Gasteiger partial charge in [-0.05, 0) is 34.1 Å². The molecule has 5 nitrogen and oxygen atoms in total. The van der Waals surface area contributed by atoms with E-state index in [4.69, 9.17) is 16.1 Å². The lowest BCUT2D eigenvalue weighted by molar-refractivity contribution is 0.393. The van der Waals surface area contributed by atoms with E-state index in [-0.39, 0.29) is 16.9 Å². The maximum Gasteiger partial charge on any atom is 0.241 e. The summed E-state index contributed by atoms with van der Waals surface area (Å²) in [6.45, 7) is 6.06. The predicted octanol–water partition coefficient (Wildman–Crippen LogP) is 3.87. The van der Waals surface area contributed by atoms with E-state index in [0.29, 0.717) is 15.1 Å². The van der Waals surface area contributed by atoms with E-state index in [0.717, 1.165) is 5.69 Å². The Morgan fingerprint density at radius 1 is 1.36 bits per heavy atom. The van der Waals surface area contributed by atoms with Crippen LogP contribution in [-0.4, -0.2) is 13.6 Å². The van der Waals surface area contributed by atoms with Gasteiger partial charge in [0.1, 0.15) is 6.26 Å². The van der Waals surface area contributed by atoms with Gasteiger partial charge in [0.25, 0.3) is 0 Å². The van der Waals surface area contributed by atoms with E-state index in [2.05, 4.69) is 25.8 Å². The third-order valence-corrected chi connectivity index (χ3v) is 5.60. The van der Waals surface area contributed by atoms with Crippen LogP contribution < -0.4 is 4.72 Å². The molecule has 0 saturated carbocycles. The fraction of sp³-hybridized carbons (Fsp3) is 0.357. The highest BCUT2D eigenvalue weighted by molar-refractivity contribution is 9.10. The molecule has 0 aliphatic rings. The molecule has 0 aliphatic carbocycles. The van der Waals surface area contributed by atoms with Crippen LogP contribution in [0.4, 0.5) is 0 Å². The van der Waals surface area contributed by atoms with Crippen molar-refractivity contribution >= 4 is 37.6 Å². The van der Waals surface area contributed by atoms with Crippen molar-refractivity contribution in [2.75, 3.05) is 0 Å². The number of hydrogen-bond donors (Lipinski definition) is 1. The molecule has 0 atom stereocenters. The first-order chi connectivity index (χ1) is 10.1. The molecular weight excluding hydrogens is 392 g/mol. The summed E-state index contributed by atoms with van der Waals surface area (Å²) >= 11 is 9.04. The van der Waals surface area contributed by atoms with Gasteiger partial charge in [0.2, 0.25) is 10.0 Å². The van der Waals surface area contributed by atoms with E-state index < -0.39 is 10.0 Å². The number of aromatic nitrogens is 1. The largest absolute Gasteiger partial charge is 0.364 e. The number of halogens is 2. The molecule has 8 heteroatoms. The maximum absolute atomic E-state index is 12.4. The molecule has 0 unspecified atom stereocenters. The third-order valence-electron chi connectivity index (χ3n) is 2.99. The average molecular weight is 408 g/mol. The number of sulfonamides is 1. The van der Waals surface area contributed by atoms with Gasteiger partial charge < -0.3 is 4.52 Å². The summed E-state index contributed by atoms with van der Waals surface area (Å²) in [4.78, 5) is 0.130. The molecule has 0 saturated heterocycles. The van der Waals surface area contributed by atoms with Crippen molar-refractivity contribution in [1.29, 1.82) is 0 Å². The van der Waals surface area contributed by atoms with Gasteiger partial charge in [-0.25, -0.2) is 13.1 Å². The molecule has 1 N–H and O–H groups in total. The van der Waals surface area contributed by atoms with Crippen molar-refractivity contribution in [2.24, 2.45) is 0 Å². The van der Waals surface area contributed by atoms with Gasteiger partial charge in [-0.1, -0.05) is 37.5 Å². The number of rotatable bonds is 4. The Bertz CT molecular complexity index is 782. The second kappa shape index (κ2) is 6.31. The Labute approximate surface area is 143 Å². The predicted molar refractivity (Wildman–Crippen MR) is 88.4 cm³/mol. The van der Waals surface area contributed by atoms with Gasteiger partial charge in [-0.3, -0.25) is 0 Å². The zero-order valence-corrected chi connectivity index (χ0v) is 15.5. The Kier molecular flexibility index (Phi) is 5.01. The summed E-state index contributed by atoms with van der Waals surface area (Å²) in [6, 6.07) is 4.52. The highest BCUT2D eigenvalue weighted by atomic mass is 79.9. The SMILES string of the molecule is CC(C)(C)c1nocc1CNS(=O)(=O)c1ccc(Cl)cc1Br. The van der Waals surface area contributed by atoms with Crippen molar-refractivity contribution in [1.82, 2.24) is 9.88 Å². The summed E-state index contributed by atoms with van der Waals surface area (Å²) in [5.74, 6) is 0. The van der Waals surface area contributed by atoms with Crippen LogP contribution in [0.2, 0.25) is 5.02 Å². The lowest BCUT2D eigenvalue weighted by Gasteiger charge is -2.16. The molecule has 0 spiro atoms. The van der Waals surface area contributed by atoms with Crippen LogP contribution in [0, 0.1) is 0 Å². The Morgan fingerprint density at radius 3 is 2.64 bits per heavy atom. The van der Waals surface area contributed by atoms with E-state index in [1.807, 2.05) is 20.8 Å². The number of nitrogens with one attached hydrogen (secondary N) is 1. The standard InChI is InChI=1S/C14H16BrClN2O3S/c1-14(2,3)13-9(8-21-18-13)7-17-22(19,20)12-5-4-10(16)6-11(12)15/h4-6,8,17H,7H2,1-3H3. The van der Waals surface area contributed by atoms with E-state index in [9.17, 15) is 8.42 Å². The van der Waals surface area contributed by atoms with Crippen molar-refractivity contribution in [2.45, 2.75) is 37.6 Å². The zero-order chi connectivity index (χ0) is 16.5. The Hall–Kier alpha value is -0.890. The van der Waals surface area contributed by atoms with Crippen LogP contribution in [0.1, 0.15) is 32.0 Å². The van der Waals surface area contributed by atoms with Gasteiger partial charge in [-0.15, -0.1) is 0 Å². The molecule has 1 aromatic carbocycles. The molecule has 0 aliphatic heterocycles. The molecule has 0 fully saturated rings. The average Bonchev–Trinajstić information content (AvgIpc) is 2.84.